The lowest BCUT2D eigenvalue weighted by Crippen LogP contribution is -1.92. The van der Waals surface area contributed by atoms with E-state index in [2.05, 4.69) is 96.3 Å². The minimum absolute atomic E-state index is 0.581. The molecule has 0 bridgehead atoms. The number of benzene rings is 2. The van der Waals surface area contributed by atoms with Crippen LogP contribution < -0.4 is 0 Å². The fourth-order valence-electron chi connectivity index (χ4n) is 2.55. The van der Waals surface area contributed by atoms with Gasteiger partial charge < -0.3 is 0 Å². The molecule has 0 unspecified atom stereocenters. The van der Waals surface area contributed by atoms with Crippen molar-refractivity contribution < 1.29 is 0 Å². The van der Waals surface area contributed by atoms with Crippen LogP contribution in [0.15, 0.2) is 61.7 Å². The van der Waals surface area contributed by atoms with Crippen molar-refractivity contribution in [1.29, 1.82) is 0 Å². The summed E-state index contributed by atoms with van der Waals surface area (Å²) < 4.78 is 0. The van der Waals surface area contributed by atoms with E-state index in [0.717, 1.165) is 11.1 Å². The lowest BCUT2D eigenvalue weighted by atomic mass is 9.94. The zero-order chi connectivity index (χ0) is 18.3. The molecule has 0 aliphatic carbocycles. The molecule has 0 spiro atoms. The molecule has 0 aromatic heterocycles. The van der Waals surface area contributed by atoms with Gasteiger partial charge in [-0.3, -0.25) is 0 Å². The van der Waals surface area contributed by atoms with Crippen molar-refractivity contribution >= 4 is 11.1 Å². The Labute approximate surface area is 148 Å². The molecular formula is C24H32. The Morgan fingerprint density at radius 3 is 1.83 bits per heavy atom. The van der Waals surface area contributed by atoms with Crippen molar-refractivity contribution in [3.63, 3.8) is 0 Å². The number of rotatable bonds is 4. The van der Waals surface area contributed by atoms with Crippen LogP contribution in [0.5, 0.6) is 0 Å². The van der Waals surface area contributed by atoms with E-state index in [0.29, 0.717) is 11.8 Å². The fraction of sp³-hybridized carbons (Fsp3) is 0.333. The third-order valence-corrected chi connectivity index (χ3v) is 4.09. The molecule has 128 valence electrons. The summed E-state index contributed by atoms with van der Waals surface area (Å²) in [6.07, 6.45) is 0. The second-order valence-electron chi connectivity index (χ2n) is 7.08. The highest BCUT2D eigenvalue weighted by Gasteiger charge is 2.04. The molecule has 0 N–H and O–H groups in total. The Kier molecular flexibility index (Phi) is 7.71. The fourth-order valence-corrected chi connectivity index (χ4v) is 2.55. The molecule has 0 saturated carbocycles. The molecule has 0 heteroatoms. The molecule has 0 heterocycles. The molecule has 0 amide bonds. The largest absolute Gasteiger partial charge is 0.0955 e. The van der Waals surface area contributed by atoms with Crippen molar-refractivity contribution in [1.82, 2.24) is 0 Å². The van der Waals surface area contributed by atoms with Crippen LogP contribution in [0.3, 0.4) is 0 Å². The molecule has 0 aliphatic heterocycles. The summed E-state index contributed by atoms with van der Waals surface area (Å²) in [4.78, 5) is 0. The van der Waals surface area contributed by atoms with Crippen LogP contribution in [-0.4, -0.2) is 0 Å². The summed E-state index contributed by atoms with van der Waals surface area (Å²) in [6, 6.07) is 17.0. The van der Waals surface area contributed by atoms with Gasteiger partial charge in [0.1, 0.15) is 0 Å². The maximum absolute atomic E-state index is 3.97. The highest BCUT2D eigenvalue weighted by atomic mass is 14.1. The van der Waals surface area contributed by atoms with Crippen molar-refractivity contribution in [2.45, 2.75) is 53.4 Å². The van der Waals surface area contributed by atoms with Gasteiger partial charge in [0.05, 0.1) is 0 Å². The third kappa shape index (κ3) is 5.85. The Morgan fingerprint density at radius 1 is 0.750 bits per heavy atom. The molecule has 0 nitrogen and oxygen atoms in total. The molecule has 0 fully saturated rings. The molecule has 0 radical (unpaired) electrons. The maximum Gasteiger partial charge on any atom is -0.0199 e. The topological polar surface area (TPSA) is 0 Å². The zero-order valence-electron chi connectivity index (χ0n) is 16.2. The molecule has 0 atom stereocenters. The Hall–Kier alpha value is -2.08. The summed E-state index contributed by atoms with van der Waals surface area (Å²) in [5.74, 6) is 1.18. The van der Waals surface area contributed by atoms with Crippen molar-refractivity contribution in [3.8, 4) is 0 Å². The van der Waals surface area contributed by atoms with E-state index in [1.807, 2.05) is 6.92 Å². The van der Waals surface area contributed by atoms with E-state index in [4.69, 9.17) is 0 Å². The summed E-state index contributed by atoms with van der Waals surface area (Å²) in [5.41, 5.74) is 7.62. The summed E-state index contributed by atoms with van der Waals surface area (Å²) in [6.45, 7) is 20.8. The Morgan fingerprint density at radius 2 is 1.38 bits per heavy atom. The number of hydrogen-bond acceptors (Lipinski definition) is 0. The quantitative estimate of drug-likeness (QED) is 0.541. The highest BCUT2D eigenvalue weighted by molar-refractivity contribution is 5.65. The molecule has 0 aliphatic rings. The van der Waals surface area contributed by atoms with E-state index >= 15 is 0 Å². The lowest BCUT2D eigenvalue weighted by molar-refractivity contribution is 0.862. The molecule has 0 saturated heterocycles. The van der Waals surface area contributed by atoms with E-state index in [1.54, 1.807) is 0 Å². The van der Waals surface area contributed by atoms with E-state index < -0.39 is 0 Å². The normalized spacial score (nSPS) is 10.3. The summed E-state index contributed by atoms with van der Waals surface area (Å²) in [5, 5.41) is 0. The molecule has 2 aromatic carbocycles. The standard InChI is InChI=1S/2C12H16/c1-9(2)11-6-5-7-12(8-11)10(3)4;1-9(2)11-7-5-6-8-12(11)10(3)4/h2*5-8,10H,1H2,2-4H3. The predicted octanol–water partition coefficient (Wildman–Crippen LogP) is 7.69. The van der Waals surface area contributed by atoms with Crippen molar-refractivity contribution in [2.24, 2.45) is 0 Å². The van der Waals surface area contributed by atoms with Gasteiger partial charge in [-0.05, 0) is 47.9 Å². The minimum Gasteiger partial charge on any atom is -0.0955 e. The van der Waals surface area contributed by atoms with Crippen LogP contribution in [0.1, 0.15) is 75.6 Å². The summed E-state index contributed by atoms with van der Waals surface area (Å²) in [7, 11) is 0. The van der Waals surface area contributed by atoms with Gasteiger partial charge in [-0.1, -0.05) is 101 Å². The zero-order valence-corrected chi connectivity index (χ0v) is 16.2. The Balaban J connectivity index is 0.000000240. The minimum atomic E-state index is 0.581. The second kappa shape index (κ2) is 9.27. The van der Waals surface area contributed by atoms with Crippen LogP contribution in [-0.2, 0) is 0 Å². The van der Waals surface area contributed by atoms with Crippen molar-refractivity contribution in [3.05, 3.63) is 83.9 Å². The van der Waals surface area contributed by atoms with Gasteiger partial charge >= 0.3 is 0 Å². The van der Waals surface area contributed by atoms with Crippen LogP contribution in [0, 0.1) is 0 Å². The first-order valence-electron chi connectivity index (χ1n) is 8.74. The predicted molar refractivity (Wildman–Crippen MR) is 110 cm³/mol. The van der Waals surface area contributed by atoms with Crippen LogP contribution in [0.25, 0.3) is 11.1 Å². The molecule has 2 aromatic rings. The molecule has 2 rings (SSSR count). The monoisotopic (exact) mass is 320 g/mol. The third-order valence-electron chi connectivity index (χ3n) is 4.09. The smallest absolute Gasteiger partial charge is 0.0199 e. The maximum atomic E-state index is 3.97. The van der Waals surface area contributed by atoms with Gasteiger partial charge in [-0.2, -0.15) is 0 Å². The van der Waals surface area contributed by atoms with E-state index in [-0.39, 0.29) is 0 Å². The first kappa shape index (κ1) is 20.0. The first-order chi connectivity index (χ1) is 11.2. The Bertz CT molecular complexity index is 687. The summed E-state index contributed by atoms with van der Waals surface area (Å²) >= 11 is 0. The van der Waals surface area contributed by atoms with Gasteiger partial charge in [-0.25, -0.2) is 0 Å². The van der Waals surface area contributed by atoms with Crippen LogP contribution in [0.2, 0.25) is 0 Å². The van der Waals surface area contributed by atoms with E-state index in [9.17, 15) is 0 Å². The molecule has 24 heavy (non-hydrogen) atoms. The molecular weight excluding hydrogens is 288 g/mol. The van der Waals surface area contributed by atoms with Gasteiger partial charge in [0.25, 0.3) is 0 Å². The average Bonchev–Trinajstić information content (AvgIpc) is 2.55. The van der Waals surface area contributed by atoms with Gasteiger partial charge in [0, 0.05) is 0 Å². The first-order valence-corrected chi connectivity index (χ1v) is 8.74. The van der Waals surface area contributed by atoms with Gasteiger partial charge in [0.15, 0.2) is 0 Å². The lowest BCUT2D eigenvalue weighted by Gasteiger charge is -2.11. The van der Waals surface area contributed by atoms with E-state index in [1.165, 1.54) is 22.3 Å². The van der Waals surface area contributed by atoms with Gasteiger partial charge in [-0.15, -0.1) is 0 Å². The number of hydrogen-bond donors (Lipinski definition) is 0. The highest BCUT2D eigenvalue weighted by Crippen LogP contribution is 2.24. The second-order valence-corrected chi connectivity index (χ2v) is 7.08. The van der Waals surface area contributed by atoms with Crippen LogP contribution >= 0.6 is 0 Å². The average molecular weight is 321 g/mol. The van der Waals surface area contributed by atoms with Gasteiger partial charge in [0.2, 0.25) is 0 Å². The SMILES string of the molecule is C=C(C)c1cccc(C(C)C)c1.C=C(C)c1ccccc1C(C)C. The van der Waals surface area contributed by atoms with Crippen LogP contribution in [0.4, 0.5) is 0 Å². The van der Waals surface area contributed by atoms with Crippen molar-refractivity contribution in [2.75, 3.05) is 0 Å². The number of allylic oxidation sites excluding steroid dienone is 2.